The van der Waals surface area contributed by atoms with Crippen molar-refractivity contribution in [3.05, 3.63) is 62.0 Å². The standard InChI is InChI=1S/C7H13N.C7H10/c1-5-8(6-2)7(3)4;1-4-6-7(3)5-2/h5H,1,3,6H2,2,4H3;4-6H,1-2H2,3H3/b;7-6-. The third-order valence-electron chi connectivity index (χ3n) is 1.75. The fourth-order valence-electron chi connectivity index (χ4n) is 0.809. The summed E-state index contributed by atoms with van der Waals surface area (Å²) in [7, 11) is 0. The summed E-state index contributed by atoms with van der Waals surface area (Å²) in [5, 5.41) is 0. The second-order valence-corrected chi connectivity index (χ2v) is 3.05. The first-order valence-corrected chi connectivity index (χ1v) is 4.99. The van der Waals surface area contributed by atoms with E-state index in [1.54, 1.807) is 18.4 Å². The molecule has 0 N–H and O–H groups in total. The average Bonchev–Trinajstić information content (AvgIpc) is 2.20. The first-order valence-electron chi connectivity index (χ1n) is 4.99. The summed E-state index contributed by atoms with van der Waals surface area (Å²) in [5.74, 6) is 0. The third-order valence-corrected chi connectivity index (χ3v) is 1.75. The van der Waals surface area contributed by atoms with Gasteiger partial charge in [-0.25, -0.2) is 0 Å². The molecule has 0 unspecified atom stereocenters. The van der Waals surface area contributed by atoms with E-state index in [1.807, 2.05) is 24.8 Å². The van der Waals surface area contributed by atoms with Gasteiger partial charge in [0.15, 0.2) is 0 Å². The van der Waals surface area contributed by atoms with E-state index in [1.165, 1.54) is 0 Å². The molecule has 0 aliphatic carbocycles. The normalized spacial score (nSPS) is 9.40. The molecule has 0 heterocycles. The monoisotopic (exact) mass is 205 g/mol. The number of hydrogen-bond acceptors (Lipinski definition) is 1. The van der Waals surface area contributed by atoms with Crippen LogP contribution in [0, 0.1) is 0 Å². The van der Waals surface area contributed by atoms with Crippen LogP contribution in [0.5, 0.6) is 0 Å². The molecule has 0 fully saturated rings. The van der Waals surface area contributed by atoms with Crippen molar-refractivity contribution in [1.29, 1.82) is 0 Å². The predicted octanol–water partition coefficient (Wildman–Crippen LogP) is 4.29. The van der Waals surface area contributed by atoms with Gasteiger partial charge >= 0.3 is 0 Å². The Bertz CT molecular complexity index is 246. The van der Waals surface area contributed by atoms with Crippen LogP contribution in [0.4, 0.5) is 0 Å². The maximum absolute atomic E-state index is 3.75. The molecular formula is C14H23N. The summed E-state index contributed by atoms with van der Waals surface area (Å²) in [4.78, 5) is 1.99. The molecular weight excluding hydrogens is 182 g/mol. The molecule has 0 aromatic rings. The molecule has 0 aliphatic heterocycles. The summed E-state index contributed by atoms with van der Waals surface area (Å²) in [5.41, 5.74) is 2.19. The molecule has 1 heteroatoms. The number of rotatable bonds is 5. The minimum atomic E-state index is 0.957. The van der Waals surface area contributed by atoms with Crippen LogP contribution in [0.2, 0.25) is 0 Å². The molecule has 0 aromatic carbocycles. The van der Waals surface area contributed by atoms with Crippen LogP contribution in [-0.4, -0.2) is 11.4 Å². The summed E-state index contributed by atoms with van der Waals surface area (Å²) in [6, 6.07) is 0. The van der Waals surface area contributed by atoms with Gasteiger partial charge in [0.1, 0.15) is 0 Å². The van der Waals surface area contributed by atoms with Crippen molar-refractivity contribution in [3.63, 3.8) is 0 Å². The Kier molecular flexibility index (Phi) is 11.2. The first-order chi connectivity index (χ1) is 7.03. The first kappa shape index (κ1) is 15.9. The van der Waals surface area contributed by atoms with E-state index in [9.17, 15) is 0 Å². The highest BCUT2D eigenvalue weighted by Gasteiger charge is 1.90. The van der Waals surface area contributed by atoms with E-state index >= 15 is 0 Å². The Morgan fingerprint density at radius 1 is 1.20 bits per heavy atom. The zero-order chi connectivity index (χ0) is 12.3. The van der Waals surface area contributed by atoms with Crippen LogP contribution < -0.4 is 0 Å². The van der Waals surface area contributed by atoms with Crippen LogP contribution >= 0.6 is 0 Å². The Balaban J connectivity index is 0. The quantitative estimate of drug-likeness (QED) is 0.605. The van der Waals surface area contributed by atoms with Crippen molar-refractivity contribution in [2.45, 2.75) is 20.8 Å². The predicted molar refractivity (Wildman–Crippen MR) is 71.5 cm³/mol. The molecule has 0 rings (SSSR count). The van der Waals surface area contributed by atoms with Gasteiger partial charge in [-0.1, -0.05) is 50.1 Å². The molecule has 0 saturated heterocycles. The average molecular weight is 205 g/mol. The van der Waals surface area contributed by atoms with Gasteiger partial charge in [-0.05, 0) is 27.0 Å². The fourth-order valence-corrected chi connectivity index (χ4v) is 0.809. The lowest BCUT2D eigenvalue weighted by Crippen LogP contribution is -2.11. The summed E-state index contributed by atoms with van der Waals surface area (Å²) in [6.07, 6.45) is 7.23. The van der Waals surface area contributed by atoms with E-state index in [-0.39, 0.29) is 0 Å². The topological polar surface area (TPSA) is 3.24 Å². The van der Waals surface area contributed by atoms with Crippen molar-refractivity contribution in [3.8, 4) is 0 Å². The highest BCUT2D eigenvalue weighted by atomic mass is 15.1. The van der Waals surface area contributed by atoms with E-state index in [0.717, 1.165) is 17.8 Å². The van der Waals surface area contributed by atoms with Gasteiger partial charge in [0.25, 0.3) is 0 Å². The van der Waals surface area contributed by atoms with Crippen molar-refractivity contribution < 1.29 is 0 Å². The van der Waals surface area contributed by atoms with E-state index in [4.69, 9.17) is 0 Å². The zero-order valence-electron chi connectivity index (χ0n) is 10.3. The molecule has 1 nitrogen and oxygen atoms in total. The Morgan fingerprint density at radius 3 is 1.80 bits per heavy atom. The van der Waals surface area contributed by atoms with E-state index in [2.05, 4.69) is 33.2 Å². The lowest BCUT2D eigenvalue weighted by atomic mass is 10.3. The minimum absolute atomic E-state index is 0.957. The zero-order valence-corrected chi connectivity index (χ0v) is 10.3. The van der Waals surface area contributed by atoms with Crippen molar-refractivity contribution in [2.24, 2.45) is 0 Å². The molecule has 0 aliphatic rings. The Labute approximate surface area is 94.8 Å². The molecule has 0 radical (unpaired) electrons. The smallest absolute Gasteiger partial charge is 0.0193 e. The minimum Gasteiger partial charge on any atom is -0.353 e. The van der Waals surface area contributed by atoms with E-state index in [0.29, 0.717) is 0 Å². The second kappa shape index (κ2) is 10.6. The van der Waals surface area contributed by atoms with Gasteiger partial charge in [-0.2, -0.15) is 0 Å². The lowest BCUT2D eigenvalue weighted by Gasteiger charge is -2.15. The van der Waals surface area contributed by atoms with Crippen molar-refractivity contribution in [2.75, 3.05) is 6.54 Å². The fraction of sp³-hybridized carbons (Fsp3) is 0.286. The SMILES string of the molecule is C=C/C=C(/C)C=C.C=CN(CC)C(=C)C. The van der Waals surface area contributed by atoms with E-state index < -0.39 is 0 Å². The molecule has 15 heavy (non-hydrogen) atoms. The maximum Gasteiger partial charge on any atom is 0.0193 e. The molecule has 0 amide bonds. The van der Waals surface area contributed by atoms with Crippen LogP contribution in [0.1, 0.15) is 20.8 Å². The lowest BCUT2D eigenvalue weighted by molar-refractivity contribution is 0.496. The Hall–Kier alpha value is -1.50. The van der Waals surface area contributed by atoms with Crippen LogP contribution in [0.3, 0.4) is 0 Å². The Morgan fingerprint density at radius 2 is 1.73 bits per heavy atom. The van der Waals surface area contributed by atoms with Crippen LogP contribution in [0.25, 0.3) is 0 Å². The van der Waals surface area contributed by atoms with Gasteiger partial charge in [-0.15, -0.1) is 0 Å². The highest BCUT2D eigenvalue weighted by Crippen LogP contribution is 1.97. The molecule has 0 bridgehead atoms. The maximum atomic E-state index is 3.75. The summed E-state index contributed by atoms with van der Waals surface area (Å²) < 4.78 is 0. The van der Waals surface area contributed by atoms with Crippen molar-refractivity contribution >= 4 is 0 Å². The molecule has 0 atom stereocenters. The highest BCUT2D eigenvalue weighted by molar-refractivity contribution is 5.17. The number of nitrogens with zero attached hydrogens (tertiary/aromatic N) is 1. The van der Waals surface area contributed by atoms with Crippen molar-refractivity contribution in [1.82, 2.24) is 4.90 Å². The number of hydrogen-bond donors (Lipinski definition) is 0. The van der Waals surface area contributed by atoms with Gasteiger partial charge in [0.05, 0.1) is 0 Å². The molecule has 84 valence electrons. The largest absolute Gasteiger partial charge is 0.353 e. The van der Waals surface area contributed by atoms with Gasteiger partial charge < -0.3 is 4.90 Å². The third kappa shape index (κ3) is 10.4. The molecule has 0 saturated carbocycles. The molecule has 0 aromatic heterocycles. The van der Waals surface area contributed by atoms with Gasteiger partial charge in [0.2, 0.25) is 0 Å². The van der Waals surface area contributed by atoms with Crippen LogP contribution in [-0.2, 0) is 0 Å². The number of allylic oxidation sites excluding steroid dienone is 5. The summed E-state index contributed by atoms with van der Waals surface area (Å²) in [6.45, 7) is 21.4. The van der Waals surface area contributed by atoms with Gasteiger partial charge in [-0.3, -0.25) is 0 Å². The summed E-state index contributed by atoms with van der Waals surface area (Å²) >= 11 is 0. The molecule has 0 spiro atoms. The van der Waals surface area contributed by atoms with Crippen LogP contribution in [0.15, 0.2) is 62.0 Å². The second-order valence-electron chi connectivity index (χ2n) is 3.05. The van der Waals surface area contributed by atoms with Gasteiger partial charge in [0, 0.05) is 12.2 Å².